The lowest BCUT2D eigenvalue weighted by Gasteiger charge is -2.40. The third-order valence-corrected chi connectivity index (χ3v) is 4.36. The van der Waals surface area contributed by atoms with E-state index in [4.69, 9.17) is 4.74 Å². The van der Waals surface area contributed by atoms with Gasteiger partial charge in [-0.05, 0) is 45.0 Å². The summed E-state index contributed by atoms with van der Waals surface area (Å²) < 4.78 is 5.56. The third-order valence-electron chi connectivity index (χ3n) is 4.36. The minimum Gasteiger partial charge on any atom is -0.491 e. The van der Waals surface area contributed by atoms with E-state index < -0.39 is 0 Å². The summed E-state index contributed by atoms with van der Waals surface area (Å²) in [5.74, 6) is 1.44. The fourth-order valence-corrected chi connectivity index (χ4v) is 3.13. The van der Waals surface area contributed by atoms with Crippen molar-refractivity contribution >= 4 is 11.7 Å². The van der Waals surface area contributed by atoms with E-state index in [0.717, 1.165) is 24.6 Å². The van der Waals surface area contributed by atoms with Crippen LogP contribution in [-0.2, 0) is 0 Å². The first-order valence-electron chi connectivity index (χ1n) is 8.67. The second kappa shape index (κ2) is 7.51. The second-order valence-electron chi connectivity index (χ2n) is 6.21. The summed E-state index contributed by atoms with van der Waals surface area (Å²) in [6.07, 6.45) is 1.63. The number of anilines is 1. The van der Waals surface area contributed by atoms with E-state index in [-0.39, 0.29) is 11.9 Å². The van der Waals surface area contributed by atoms with Crippen LogP contribution in [0.1, 0.15) is 30.0 Å². The van der Waals surface area contributed by atoms with Crippen molar-refractivity contribution in [2.75, 3.05) is 31.1 Å². The predicted molar refractivity (Wildman–Crippen MR) is 97.1 cm³/mol. The number of aromatic nitrogens is 2. The van der Waals surface area contributed by atoms with Crippen molar-refractivity contribution in [3.63, 3.8) is 0 Å². The van der Waals surface area contributed by atoms with Gasteiger partial charge in [0.25, 0.3) is 5.91 Å². The van der Waals surface area contributed by atoms with Crippen LogP contribution >= 0.6 is 0 Å². The monoisotopic (exact) mass is 340 g/mol. The molecular weight excluding hydrogens is 316 g/mol. The Morgan fingerprint density at radius 2 is 2.12 bits per heavy atom. The quantitative estimate of drug-likeness (QED) is 0.856. The Balaban J connectivity index is 1.74. The Morgan fingerprint density at radius 1 is 1.28 bits per heavy atom. The van der Waals surface area contributed by atoms with E-state index in [1.165, 1.54) is 0 Å². The van der Waals surface area contributed by atoms with Gasteiger partial charge in [-0.1, -0.05) is 6.07 Å². The fourth-order valence-electron chi connectivity index (χ4n) is 3.13. The van der Waals surface area contributed by atoms with E-state index in [0.29, 0.717) is 24.6 Å². The molecule has 6 nitrogen and oxygen atoms in total. The van der Waals surface area contributed by atoms with Gasteiger partial charge < -0.3 is 14.5 Å². The predicted octanol–water partition coefficient (Wildman–Crippen LogP) is 2.53. The number of amides is 1. The average Bonchev–Trinajstić information content (AvgIpc) is 2.62. The van der Waals surface area contributed by atoms with Gasteiger partial charge in [0.15, 0.2) is 11.4 Å². The molecule has 0 radical (unpaired) electrons. The molecule has 0 aliphatic carbocycles. The number of hydrogen-bond acceptors (Lipinski definition) is 5. The van der Waals surface area contributed by atoms with Crippen LogP contribution in [0.4, 0.5) is 5.82 Å². The van der Waals surface area contributed by atoms with Crippen LogP contribution in [0, 0.1) is 6.92 Å². The average molecular weight is 340 g/mol. The number of piperazine rings is 1. The molecule has 3 heterocycles. The maximum absolute atomic E-state index is 13.0. The molecule has 1 saturated heterocycles. The number of pyridine rings is 2. The molecule has 1 aliphatic heterocycles. The maximum atomic E-state index is 13.0. The minimum absolute atomic E-state index is 0.0695. The number of nitrogens with zero attached hydrogens (tertiary/aromatic N) is 4. The van der Waals surface area contributed by atoms with Crippen LogP contribution in [0.15, 0.2) is 36.5 Å². The van der Waals surface area contributed by atoms with Crippen LogP contribution in [0.3, 0.4) is 0 Å². The third kappa shape index (κ3) is 3.73. The van der Waals surface area contributed by atoms with Crippen molar-refractivity contribution in [2.45, 2.75) is 26.8 Å². The Bertz CT molecular complexity index is 750. The zero-order chi connectivity index (χ0) is 17.8. The SMILES string of the molecule is CCOc1cccnc1C(=O)N1CCN(c2cccc(C)n2)C[C@H]1C. The van der Waals surface area contributed by atoms with Crippen molar-refractivity contribution < 1.29 is 9.53 Å². The summed E-state index contributed by atoms with van der Waals surface area (Å²) in [6.45, 7) is 8.60. The van der Waals surface area contributed by atoms with Crippen molar-refractivity contribution in [1.82, 2.24) is 14.9 Å². The summed E-state index contributed by atoms with van der Waals surface area (Å²) >= 11 is 0. The second-order valence-corrected chi connectivity index (χ2v) is 6.21. The molecule has 0 bridgehead atoms. The molecule has 1 fully saturated rings. The molecule has 0 spiro atoms. The van der Waals surface area contributed by atoms with Crippen LogP contribution in [0.2, 0.25) is 0 Å². The van der Waals surface area contributed by atoms with E-state index >= 15 is 0 Å². The van der Waals surface area contributed by atoms with E-state index in [1.54, 1.807) is 18.3 Å². The largest absolute Gasteiger partial charge is 0.491 e. The molecule has 1 aliphatic rings. The van der Waals surface area contributed by atoms with Crippen LogP contribution in [-0.4, -0.2) is 53.1 Å². The summed E-state index contributed by atoms with van der Waals surface area (Å²) in [6, 6.07) is 9.67. The lowest BCUT2D eigenvalue weighted by molar-refractivity contribution is 0.0663. The number of ether oxygens (including phenoxy) is 1. The van der Waals surface area contributed by atoms with Gasteiger partial charge in [-0.15, -0.1) is 0 Å². The van der Waals surface area contributed by atoms with Gasteiger partial charge in [0.2, 0.25) is 0 Å². The molecule has 2 aromatic heterocycles. The van der Waals surface area contributed by atoms with Gasteiger partial charge in [0.1, 0.15) is 5.82 Å². The van der Waals surface area contributed by atoms with E-state index in [1.807, 2.05) is 36.9 Å². The van der Waals surface area contributed by atoms with Crippen molar-refractivity contribution in [1.29, 1.82) is 0 Å². The highest BCUT2D eigenvalue weighted by molar-refractivity contribution is 5.95. The number of rotatable bonds is 4. The zero-order valence-electron chi connectivity index (χ0n) is 15.0. The first-order valence-corrected chi connectivity index (χ1v) is 8.67. The molecule has 2 aromatic rings. The van der Waals surface area contributed by atoms with Crippen molar-refractivity contribution in [3.05, 3.63) is 47.9 Å². The molecule has 0 N–H and O–H groups in total. The first-order chi connectivity index (χ1) is 12.1. The smallest absolute Gasteiger partial charge is 0.276 e. The molecule has 3 rings (SSSR count). The fraction of sp³-hybridized carbons (Fsp3) is 0.421. The van der Waals surface area contributed by atoms with Gasteiger partial charge >= 0.3 is 0 Å². The Kier molecular flexibility index (Phi) is 5.16. The number of aryl methyl sites for hydroxylation is 1. The van der Waals surface area contributed by atoms with Gasteiger partial charge in [-0.2, -0.15) is 0 Å². The van der Waals surface area contributed by atoms with Gasteiger partial charge in [-0.25, -0.2) is 9.97 Å². The molecular formula is C19H24N4O2. The first kappa shape index (κ1) is 17.2. The number of carbonyl (C=O) groups excluding carboxylic acids is 1. The summed E-state index contributed by atoms with van der Waals surface area (Å²) in [5, 5.41) is 0. The van der Waals surface area contributed by atoms with Crippen LogP contribution in [0.5, 0.6) is 5.75 Å². The highest BCUT2D eigenvalue weighted by atomic mass is 16.5. The normalized spacial score (nSPS) is 17.5. The zero-order valence-corrected chi connectivity index (χ0v) is 15.0. The van der Waals surface area contributed by atoms with Crippen LogP contribution < -0.4 is 9.64 Å². The molecule has 1 amide bonds. The minimum atomic E-state index is -0.0756. The molecule has 0 unspecified atom stereocenters. The summed E-state index contributed by atoms with van der Waals surface area (Å²) in [5.41, 5.74) is 1.39. The molecule has 0 saturated carbocycles. The molecule has 1 atom stereocenters. The highest BCUT2D eigenvalue weighted by Crippen LogP contribution is 2.22. The summed E-state index contributed by atoms with van der Waals surface area (Å²) in [7, 11) is 0. The molecule has 25 heavy (non-hydrogen) atoms. The topological polar surface area (TPSA) is 58.6 Å². The molecule has 6 heteroatoms. The maximum Gasteiger partial charge on any atom is 0.276 e. The lowest BCUT2D eigenvalue weighted by atomic mass is 10.1. The Hall–Kier alpha value is -2.63. The standard InChI is InChI=1S/C19H24N4O2/c1-4-25-16-8-6-10-20-18(16)19(24)23-12-11-22(13-15(23)3)17-9-5-7-14(2)21-17/h5-10,15H,4,11-13H2,1-3H3/t15-/m1/s1. The molecule has 132 valence electrons. The van der Waals surface area contributed by atoms with E-state index in [2.05, 4.69) is 21.8 Å². The number of hydrogen-bond donors (Lipinski definition) is 0. The van der Waals surface area contributed by atoms with Crippen molar-refractivity contribution in [2.24, 2.45) is 0 Å². The molecule has 0 aromatic carbocycles. The van der Waals surface area contributed by atoms with Gasteiger partial charge in [0.05, 0.1) is 6.61 Å². The summed E-state index contributed by atoms with van der Waals surface area (Å²) in [4.78, 5) is 25.9. The lowest BCUT2D eigenvalue weighted by Crippen LogP contribution is -2.54. The van der Waals surface area contributed by atoms with Crippen molar-refractivity contribution in [3.8, 4) is 5.75 Å². The van der Waals surface area contributed by atoms with Crippen LogP contribution in [0.25, 0.3) is 0 Å². The Morgan fingerprint density at radius 3 is 2.84 bits per heavy atom. The Labute approximate surface area is 148 Å². The van der Waals surface area contributed by atoms with E-state index in [9.17, 15) is 4.79 Å². The van der Waals surface area contributed by atoms with Gasteiger partial charge in [-0.3, -0.25) is 4.79 Å². The number of carbonyl (C=O) groups is 1. The van der Waals surface area contributed by atoms with Gasteiger partial charge in [0, 0.05) is 37.6 Å². The highest BCUT2D eigenvalue weighted by Gasteiger charge is 2.30.